The van der Waals surface area contributed by atoms with Crippen molar-refractivity contribution in [2.75, 3.05) is 0 Å². The molecule has 0 amide bonds. The first-order valence-corrected chi connectivity index (χ1v) is 2.31. The molecular formula is C5H3NO3. The van der Waals surface area contributed by atoms with E-state index in [1.165, 1.54) is 6.92 Å². The Morgan fingerprint density at radius 1 is 1.22 bits per heavy atom. The fourth-order valence-electron chi connectivity index (χ4n) is 0.603. The zero-order chi connectivity index (χ0) is 7.02. The molecule has 0 spiro atoms. The van der Waals surface area contributed by atoms with Gasteiger partial charge >= 0.3 is 0 Å². The van der Waals surface area contributed by atoms with Crippen molar-refractivity contribution in [2.45, 2.75) is 6.92 Å². The molecule has 0 aliphatic carbocycles. The first-order valence-electron chi connectivity index (χ1n) is 2.31. The zero-order valence-electron chi connectivity index (χ0n) is 4.67. The van der Waals surface area contributed by atoms with E-state index in [-0.39, 0.29) is 11.3 Å². The highest BCUT2D eigenvalue weighted by molar-refractivity contribution is 5.49. The molecule has 0 aliphatic rings. The summed E-state index contributed by atoms with van der Waals surface area (Å²) in [4.78, 5) is 30.3. The van der Waals surface area contributed by atoms with Crippen LogP contribution in [0.2, 0.25) is 0 Å². The van der Waals surface area contributed by atoms with Crippen molar-refractivity contribution in [3.05, 3.63) is 30.9 Å². The van der Waals surface area contributed by atoms with Gasteiger partial charge in [0.1, 0.15) is 0 Å². The van der Waals surface area contributed by atoms with E-state index < -0.39 is 10.9 Å². The number of rotatable bonds is 1. The number of hydrogen-bond acceptors (Lipinski definition) is 4. The molecule has 0 N–H and O–H groups in total. The van der Waals surface area contributed by atoms with E-state index in [1.54, 1.807) is 0 Å². The van der Waals surface area contributed by atoms with E-state index in [9.17, 15) is 14.5 Å². The Kier molecular flexibility index (Phi) is 1.02. The van der Waals surface area contributed by atoms with Crippen LogP contribution in [0.3, 0.4) is 0 Å². The van der Waals surface area contributed by atoms with Crippen LogP contribution < -0.4 is 10.9 Å². The molecule has 0 bridgehead atoms. The van der Waals surface area contributed by atoms with Gasteiger partial charge in [-0.3, -0.25) is 9.59 Å². The van der Waals surface area contributed by atoms with Gasteiger partial charge < -0.3 is 0 Å². The molecule has 4 heteroatoms. The molecule has 0 saturated heterocycles. The van der Waals surface area contributed by atoms with E-state index >= 15 is 0 Å². The maximum absolute atomic E-state index is 10.3. The summed E-state index contributed by atoms with van der Waals surface area (Å²) in [5.41, 5.74) is -1.40. The van der Waals surface area contributed by atoms with Crippen molar-refractivity contribution in [3.63, 3.8) is 0 Å². The molecule has 46 valence electrons. The largest absolute Gasteiger partial charge is 0.285 e. The summed E-state index contributed by atoms with van der Waals surface area (Å²) in [5, 5.41) is 2.37. The van der Waals surface area contributed by atoms with Gasteiger partial charge in [-0.1, -0.05) is 0 Å². The number of nitroso groups, excluding NO2 is 1. The summed E-state index contributed by atoms with van der Waals surface area (Å²) in [5.74, 6) is 0. The third-order valence-electron chi connectivity index (χ3n) is 1.21. The van der Waals surface area contributed by atoms with Crippen LogP contribution in [0, 0.1) is 11.8 Å². The topological polar surface area (TPSA) is 63.6 Å². The number of hydrogen-bond donors (Lipinski definition) is 0. The molecule has 0 unspecified atom stereocenters. The molecule has 1 aromatic carbocycles. The van der Waals surface area contributed by atoms with Crippen molar-refractivity contribution in [3.8, 4) is 0 Å². The van der Waals surface area contributed by atoms with Crippen LogP contribution in [-0.4, -0.2) is 0 Å². The van der Waals surface area contributed by atoms with Crippen molar-refractivity contribution in [2.24, 2.45) is 5.18 Å². The van der Waals surface area contributed by atoms with Crippen molar-refractivity contribution >= 4 is 5.69 Å². The lowest BCUT2D eigenvalue weighted by Crippen LogP contribution is -2.32. The fraction of sp³-hybridized carbons (Fsp3) is 0.200. The van der Waals surface area contributed by atoms with Crippen LogP contribution in [0.1, 0.15) is 5.56 Å². The Balaban J connectivity index is 3.42. The summed E-state index contributed by atoms with van der Waals surface area (Å²) < 4.78 is 0. The van der Waals surface area contributed by atoms with Gasteiger partial charge in [0, 0.05) is 5.56 Å². The predicted molar refractivity (Wildman–Crippen MR) is 31.5 cm³/mol. The second-order valence-electron chi connectivity index (χ2n) is 1.72. The van der Waals surface area contributed by atoms with Crippen molar-refractivity contribution in [1.29, 1.82) is 0 Å². The maximum atomic E-state index is 10.3. The maximum Gasteiger partial charge on any atom is 0.255 e. The zero-order valence-corrected chi connectivity index (χ0v) is 4.67. The Morgan fingerprint density at radius 3 is 2.00 bits per heavy atom. The number of nitrogens with zero attached hydrogens (tertiary/aromatic N) is 1. The molecule has 1 rings (SSSR count). The van der Waals surface area contributed by atoms with E-state index in [0.717, 1.165) is 0 Å². The quantitative estimate of drug-likeness (QED) is 0.391. The molecular weight excluding hydrogens is 122 g/mol. The van der Waals surface area contributed by atoms with Crippen LogP contribution in [0.25, 0.3) is 0 Å². The Morgan fingerprint density at radius 2 is 1.78 bits per heavy atom. The Labute approximate surface area is 49.8 Å². The highest BCUT2D eigenvalue weighted by Gasteiger charge is 2.16. The minimum Gasteiger partial charge on any atom is -0.285 e. The van der Waals surface area contributed by atoms with Gasteiger partial charge in [0.05, 0.1) is 0 Å². The molecule has 0 heterocycles. The van der Waals surface area contributed by atoms with Crippen molar-refractivity contribution < 1.29 is 0 Å². The SMILES string of the molecule is Cc1c(N=O)c(=O)c1=O. The smallest absolute Gasteiger partial charge is 0.255 e. The first-order chi connectivity index (χ1) is 4.18. The summed E-state index contributed by atoms with van der Waals surface area (Å²) in [6.45, 7) is 1.40. The lowest BCUT2D eigenvalue weighted by Gasteiger charge is -1.92. The van der Waals surface area contributed by atoms with Crippen molar-refractivity contribution in [1.82, 2.24) is 0 Å². The normalized spacial score (nSPS) is 9.89. The van der Waals surface area contributed by atoms with Gasteiger partial charge in [0.2, 0.25) is 5.43 Å². The molecule has 0 atom stereocenters. The molecule has 0 fully saturated rings. The average Bonchev–Trinajstić information content (AvgIpc) is 1.89. The lowest BCUT2D eigenvalue weighted by atomic mass is 10.1. The minimum absolute atomic E-state index is 0.176. The van der Waals surface area contributed by atoms with Crippen LogP contribution >= 0.6 is 0 Å². The summed E-state index contributed by atoms with van der Waals surface area (Å²) in [7, 11) is 0. The van der Waals surface area contributed by atoms with Gasteiger partial charge in [-0.25, -0.2) is 0 Å². The molecule has 9 heavy (non-hydrogen) atoms. The second kappa shape index (κ2) is 1.58. The molecule has 0 aliphatic heterocycles. The lowest BCUT2D eigenvalue weighted by molar-refractivity contribution is 1.23. The van der Waals surface area contributed by atoms with Crippen LogP contribution in [0.5, 0.6) is 0 Å². The van der Waals surface area contributed by atoms with E-state index in [2.05, 4.69) is 5.18 Å². The average molecular weight is 125 g/mol. The highest BCUT2D eigenvalue weighted by Crippen LogP contribution is 2.07. The first kappa shape index (κ1) is 5.81. The molecule has 0 radical (unpaired) electrons. The van der Waals surface area contributed by atoms with E-state index in [1.807, 2.05) is 0 Å². The van der Waals surface area contributed by atoms with Gasteiger partial charge in [0.15, 0.2) is 5.69 Å². The predicted octanol–water partition coefficient (Wildman–Crippen LogP) is -0.0111. The van der Waals surface area contributed by atoms with Crippen LogP contribution in [-0.2, 0) is 0 Å². The van der Waals surface area contributed by atoms with Crippen LogP contribution in [0.15, 0.2) is 14.8 Å². The Hall–Kier alpha value is -1.32. The monoisotopic (exact) mass is 125 g/mol. The van der Waals surface area contributed by atoms with Gasteiger partial charge in [-0.15, -0.1) is 4.91 Å². The molecule has 4 nitrogen and oxygen atoms in total. The molecule has 1 aromatic rings. The minimum atomic E-state index is -0.762. The second-order valence-corrected chi connectivity index (χ2v) is 1.72. The summed E-state index contributed by atoms with van der Waals surface area (Å²) >= 11 is 0. The van der Waals surface area contributed by atoms with E-state index in [0.29, 0.717) is 0 Å². The van der Waals surface area contributed by atoms with E-state index in [4.69, 9.17) is 0 Å². The third kappa shape index (κ3) is 0.526. The highest BCUT2D eigenvalue weighted by atomic mass is 16.3. The third-order valence-corrected chi connectivity index (χ3v) is 1.21. The summed E-state index contributed by atoms with van der Waals surface area (Å²) in [6.07, 6.45) is 0. The molecule has 0 saturated carbocycles. The van der Waals surface area contributed by atoms with Gasteiger partial charge in [-0.2, -0.15) is 0 Å². The summed E-state index contributed by atoms with van der Waals surface area (Å²) in [6, 6.07) is 0. The molecule has 0 aromatic heterocycles. The Bertz CT molecular complexity index is 319. The van der Waals surface area contributed by atoms with Crippen LogP contribution in [0.4, 0.5) is 5.69 Å². The van der Waals surface area contributed by atoms with Gasteiger partial charge in [0.25, 0.3) is 5.43 Å². The standard InChI is InChI=1S/C5H3NO3/c1-2-3(6-9)5(8)4(2)7/h1H3. The fourth-order valence-corrected chi connectivity index (χ4v) is 0.603. The van der Waals surface area contributed by atoms with Gasteiger partial charge in [-0.05, 0) is 12.1 Å².